The predicted molar refractivity (Wildman–Crippen MR) is 109 cm³/mol. The van der Waals surface area contributed by atoms with Gasteiger partial charge >= 0.3 is 34.1 Å². The van der Waals surface area contributed by atoms with Crippen LogP contribution >= 0.6 is 0 Å². The van der Waals surface area contributed by atoms with Crippen LogP contribution in [0, 0.1) is 150 Å². The van der Waals surface area contributed by atoms with Crippen molar-refractivity contribution in [3.05, 3.63) is 150 Å². The zero-order valence-corrected chi connectivity index (χ0v) is 18.2. The van der Waals surface area contributed by atoms with Crippen molar-refractivity contribution in [2.24, 2.45) is 0 Å². The van der Waals surface area contributed by atoms with Crippen LogP contribution in [0.2, 0.25) is 0 Å². The minimum Gasteiger partial charge on any atom is -0.192 e. The van der Waals surface area contributed by atoms with E-state index in [0.717, 1.165) is 28.6 Å². The molecule has 0 heterocycles. The van der Waals surface area contributed by atoms with Gasteiger partial charge in [-0.1, -0.05) is 0 Å². The first-order chi connectivity index (χ1) is 13.9. The summed E-state index contributed by atoms with van der Waals surface area (Å²) in [7, 11) is 0. The van der Waals surface area contributed by atoms with Gasteiger partial charge in [0.1, 0.15) is 17.7 Å². The second-order valence-electron chi connectivity index (χ2n) is 6.00. The van der Waals surface area contributed by atoms with Gasteiger partial charge in [0.25, 0.3) is 0 Å². The second-order valence-corrected chi connectivity index (χ2v) is 6.00. The first-order valence-corrected chi connectivity index (χ1v) is 8.94. The molecule has 4 saturated carbocycles. The molecule has 0 spiro atoms. The maximum absolute atomic E-state index is 9.01. The molecule has 5 aliphatic carbocycles. The smallest absolute Gasteiger partial charge is 0.192 e. The number of hydrogen-bond donors (Lipinski definition) is 0. The Morgan fingerprint density at radius 3 is 0.967 bits per heavy atom. The summed E-state index contributed by atoms with van der Waals surface area (Å²) in [5.74, 6) is 2.15. The third kappa shape index (κ3) is 7.88. The van der Waals surface area contributed by atoms with E-state index in [1.54, 1.807) is 0 Å². The quantitative estimate of drug-likeness (QED) is 0.442. The topological polar surface area (TPSA) is 47.6 Å². The van der Waals surface area contributed by atoms with E-state index in [-0.39, 0.29) is 39.7 Å². The van der Waals surface area contributed by atoms with Crippen molar-refractivity contribution in [3.63, 3.8) is 0 Å². The molecule has 5 rings (SSSR count). The van der Waals surface area contributed by atoms with Crippen molar-refractivity contribution < 1.29 is 34.1 Å². The Kier molecular flexibility index (Phi) is 14.1. The molecule has 0 atom stereocenters. The molecular weight excluding hydrogens is 452 g/mol. The average molecular weight is 470 g/mol. The monoisotopic (exact) mass is 470 g/mol. The van der Waals surface area contributed by atoms with Gasteiger partial charge in [-0.3, -0.25) is 0 Å². The van der Waals surface area contributed by atoms with Gasteiger partial charge in [0.2, 0.25) is 0 Å². The van der Waals surface area contributed by atoms with E-state index in [2.05, 4.69) is 0 Å². The summed E-state index contributed by atoms with van der Waals surface area (Å²) in [6.45, 7) is 0. The van der Waals surface area contributed by atoms with Crippen LogP contribution in [0.1, 0.15) is 0 Å². The van der Waals surface area contributed by atoms with E-state index >= 15 is 0 Å². The molecule has 144 valence electrons. The van der Waals surface area contributed by atoms with Gasteiger partial charge in [0.05, 0.1) is 0 Å². The molecule has 4 heteroatoms. The Hall–Kier alpha value is -0.501. The number of allylic oxidation sites excluding steroid dienone is 4. The zero-order valence-electron chi connectivity index (χ0n) is 16.0. The summed E-state index contributed by atoms with van der Waals surface area (Å²) >= 11 is 0. The summed E-state index contributed by atoms with van der Waals surface area (Å²) in [4.78, 5) is 0. The van der Waals surface area contributed by atoms with Gasteiger partial charge < -0.3 is 0 Å². The standard InChI is InChI=1S/C16H8N2.2C5H5.2Fe/c17-9-13(10-18)16-14(11-5-1-2-6-11)15(16)12-7-3-4-8-12;2*1-2-4-5-3-1;;/h1-8H;2*1-5H;;/q;;;2*+2. The number of nitriles is 2. The first-order valence-electron chi connectivity index (χ1n) is 8.94. The molecule has 0 aromatic rings. The Labute approximate surface area is 205 Å². The average Bonchev–Trinajstić information content (AvgIpc) is 3.45. The Morgan fingerprint density at radius 1 is 0.467 bits per heavy atom. The van der Waals surface area contributed by atoms with Crippen LogP contribution in [0.5, 0.6) is 0 Å². The molecule has 0 N–H and O–H groups in total. The van der Waals surface area contributed by atoms with Crippen molar-refractivity contribution in [1.29, 1.82) is 10.5 Å². The fourth-order valence-electron chi connectivity index (χ4n) is 2.87. The molecule has 4 fully saturated rings. The van der Waals surface area contributed by atoms with Crippen molar-refractivity contribution in [2.45, 2.75) is 0 Å². The fourth-order valence-corrected chi connectivity index (χ4v) is 2.87. The molecule has 2 nitrogen and oxygen atoms in total. The molecule has 0 unspecified atom stereocenters. The van der Waals surface area contributed by atoms with Gasteiger partial charge in [-0.15, -0.1) is 0 Å². The van der Waals surface area contributed by atoms with Gasteiger partial charge in [0, 0.05) is 17.4 Å². The zero-order chi connectivity index (χ0) is 19.6. The van der Waals surface area contributed by atoms with Crippen LogP contribution in [0.15, 0.2) is 22.3 Å². The van der Waals surface area contributed by atoms with E-state index in [1.807, 2.05) is 128 Å². The summed E-state index contributed by atoms with van der Waals surface area (Å²) in [5.41, 5.74) is 3.06. The molecule has 5 aliphatic rings. The van der Waals surface area contributed by atoms with Gasteiger partial charge in [-0.25, -0.2) is 0 Å². The SMILES string of the molecule is N#CC(C#N)=C1C([C]2[CH][CH][CH][CH]2)=C1[C]1[CH][CH][CH][CH]1.[CH]1[CH][CH][CH][CH]1.[CH]1[CH][CH][CH][CH]1.[Fe+2].[Fe+2]. The largest absolute Gasteiger partial charge is 2.00 e. The third-order valence-electron chi connectivity index (χ3n) is 4.17. The third-order valence-corrected chi connectivity index (χ3v) is 4.17. The van der Waals surface area contributed by atoms with E-state index in [9.17, 15) is 0 Å². The van der Waals surface area contributed by atoms with Crippen molar-refractivity contribution in [1.82, 2.24) is 0 Å². The number of rotatable bonds is 2. The van der Waals surface area contributed by atoms with Gasteiger partial charge in [0.15, 0.2) is 0 Å². The Balaban J connectivity index is 0.000000310. The maximum atomic E-state index is 9.01. The van der Waals surface area contributed by atoms with Gasteiger partial charge in [-0.2, -0.15) is 10.5 Å². The summed E-state index contributed by atoms with van der Waals surface area (Å²) in [5, 5.41) is 18.0. The van der Waals surface area contributed by atoms with Crippen LogP contribution in [0.25, 0.3) is 0 Å². The molecule has 20 radical (unpaired) electrons. The fraction of sp³-hybridized carbons (Fsp3) is 0. The molecular formula is C26H18Fe2N2+4. The number of hydrogen-bond acceptors (Lipinski definition) is 2. The summed E-state index contributed by atoms with van der Waals surface area (Å²) in [6, 6.07) is 3.95. The van der Waals surface area contributed by atoms with Crippen molar-refractivity contribution in [2.75, 3.05) is 0 Å². The molecule has 30 heavy (non-hydrogen) atoms. The van der Waals surface area contributed by atoms with E-state index in [1.165, 1.54) is 0 Å². The van der Waals surface area contributed by atoms with E-state index in [0.29, 0.717) is 0 Å². The van der Waals surface area contributed by atoms with Gasteiger partial charge in [-0.05, 0) is 127 Å². The molecule has 0 aliphatic heterocycles. The molecule has 0 aromatic heterocycles. The Bertz CT molecular complexity index is 576. The van der Waals surface area contributed by atoms with Crippen LogP contribution in [-0.2, 0) is 34.1 Å². The van der Waals surface area contributed by atoms with Crippen LogP contribution in [0.4, 0.5) is 0 Å². The molecule has 0 aromatic carbocycles. The maximum Gasteiger partial charge on any atom is 2.00 e. The van der Waals surface area contributed by atoms with Crippen LogP contribution < -0.4 is 0 Å². The summed E-state index contributed by atoms with van der Waals surface area (Å²) < 4.78 is 0. The molecule has 0 bridgehead atoms. The summed E-state index contributed by atoms with van der Waals surface area (Å²) in [6.07, 6.45) is 35.8. The minimum absolute atomic E-state index is 0. The number of nitrogens with zero attached hydrogens (tertiary/aromatic N) is 2. The van der Waals surface area contributed by atoms with Crippen molar-refractivity contribution in [3.8, 4) is 12.1 Å². The first kappa shape index (κ1) is 27.5. The minimum atomic E-state index is 0. The molecule has 0 amide bonds. The van der Waals surface area contributed by atoms with Crippen molar-refractivity contribution >= 4 is 0 Å². The van der Waals surface area contributed by atoms with E-state index < -0.39 is 0 Å². The second kappa shape index (κ2) is 15.3. The predicted octanol–water partition coefficient (Wildman–Crippen LogP) is 4.49. The van der Waals surface area contributed by atoms with Crippen LogP contribution in [-0.4, -0.2) is 0 Å². The Morgan fingerprint density at radius 2 is 0.733 bits per heavy atom. The van der Waals surface area contributed by atoms with Crippen LogP contribution in [0.3, 0.4) is 0 Å². The molecule has 0 saturated heterocycles. The van der Waals surface area contributed by atoms with E-state index in [4.69, 9.17) is 10.5 Å². The normalized spacial score (nSPS) is 22.5.